The number of sulfone groups is 1. The lowest BCUT2D eigenvalue weighted by atomic mass is 9.92. The smallest absolute Gasteiger partial charge is 0.173 e. The topological polar surface area (TPSA) is 68.3 Å². The zero-order valence-corrected chi connectivity index (χ0v) is 9.94. The lowest BCUT2D eigenvalue weighted by Crippen LogP contribution is -2.37. The highest BCUT2D eigenvalue weighted by atomic mass is 32.2. The summed E-state index contributed by atoms with van der Waals surface area (Å²) in [7, 11) is -3.28. The van der Waals surface area contributed by atoms with E-state index in [9.17, 15) is 18.0 Å². The first-order valence-corrected chi connectivity index (χ1v) is 7.14. The first kappa shape index (κ1) is 12.0. The molecule has 0 radical (unpaired) electrons. The van der Waals surface area contributed by atoms with Gasteiger partial charge in [-0.2, -0.15) is 0 Å². The predicted octanol–water partition coefficient (Wildman–Crippen LogP) is 0.873. The van der Waals surface area contributed by atoms with Gasteiger partial charge in [-0.3, -0.25) is 9.59 Å². The van der Waals surface area contributed by atoms with Gasteiger partial charge in [0.2, 0.25) is 0 Å². The third-order valence-electron chi connectivity index (χ3n) is 2.84. The van der Waals surface area contributed by atoms with Crippen LogP contribution in [0.2, 0.25) is 0 Å². The van der Waals surface area contributed by atoms with Gasteiger partial charge in [0, 0.05) is 5.56 Å². The van der Waals surface area contributed by atoms with Gasteiger partial charge in [0.25, 0.3) is 0 Å². The molecule has 0 saturated carbocycles. The first-order valence-electron chi connectivity index (χ1n) is 5.32. The fraction of sp³-hybridized carbons (Fsp3) is 0.333. The van der Waals surface area contributed by atoms with Crippen LogP contribution in [0, 0.1) is 5.92 Å². The van der Waals surface area contributed by atoms with Crippen LogP contribution < -0.4 is 0 Å². The Labute approximate surface area is 99.6 Å². The minimum atomic E-state index is -3.28. The molecule has 0 N–H and O–H groups in total. The van der Waals surface area contributed by atoms with E-state index in [0.717, 1.165) is 0 Å². The molecule has 1 unspecified atom stereocenters. The Morgan fingerprint density at radius 3 is 2.41 bits per heavy atom. The molecular weight excluding hydrogens is 240 g/mol. The van der Waals surface area contributed by atoms with E-state index in [1.807, 2.05) is 0 Å². The largest absolute Gasteiger partial charge is 0.298 e. The van der Waals surface area contributed by atoms with Crippen LogP contribution in [0.15, 0.2) is 30.3 Å². The van der Waals surface area contributed by atoms with Crippen molar-refractivity contribution >= 4 is 21.4 Å². The molecule has 1 saturated heterocycles. The number of ketones is 2. The molecule has 1 heterocycles. The molecule has 1 fully saturated rings. The molecule has 0 amide bonds. The summed E-state index contributed by atoms with van der Waals surface area (Å²) in [5.41, 5.74) is 0.463. The lowest BCUT2D eigenvalue weighted by Gasteiger charge is -2.19. The normalized spacial score (nSPS) is 23.3. The van der Waals surface area contributed by atoms with Crippen molar-refractivity contribution in [3.05, 3.63) is 35.9 Å². The zero-order valence-electron chi connectivity index (χ0n) is 9.13. The molecule has 0 bridgehead atoms. The van der Waals surface area contributed by atoms with Crippen molar-refractivity contribution in [3.63, 3.8) is 0 Å². The molecule has 0 spiro atoms. The van der Waals surface area contributed by atoms with Crippen LogP contribution in [0.3, 0.4) is 0 Å². The van der Waals surface area contributed by atoms with Gasteiger partial charge in [-0.15, -0.1) is 0 Å². The fourth-order valence-corrected chi connectivity index (χ4v) is 3.30. The number of hydrogen-bond acceptors (Lipinski definition) is 4. The van der Waals surface area contributed by atoms with Gasteiger partial charge in [-0.05, 0) is 6.42 Å². The number of Topliss-reactive ketones (excluding diaryl/α,β-unsaturated/α-hetero) is 2. The molecule has 17 heavy (non-hydrogen) atoms. The highest BCUT2D eigenvalue weighted by Gasteiger charge is 2.35. The fourth-order valence-electron chi connectivity index (χ4n) is 1.93. The molecule has 90 valence electrons. The SMILES string of the molecule is O=C1CS(=O)(=O)CCC1C(=O)c1ccccc1. The number of carbonyl (C=O) groups is 2. The molecule has 1 atom stereocenters. The van der Waals surface area contributed by atoms with Crippen LogP contribution in [0.1, 0.15) is 16.8 Å². The van der Waals surface area contributed by atoms with Gasteiger partial charge in [0.1, 0.15) is 5.75 Å². The quantitative estimate of drug-likeness (QED) is 0.578. The summed E-state index contributed by atoms with van der Waals surface area (Å²) in [4.78, 5) is 23.6. The van der Waals surface area contributed by atoms with Crippen LogP contribution in [0.4, 0.5) is 0 Å². The van der Waals surface area contributed by atoms with Gasteiger partial charge < -0.3 is 0 Å². The minimum Gasteiger partial charge on any atom is -0.298 e. The highest BCUT2D eigenvalue weighted by molar-refractivity contribution is 7.92. The standard InChI is InChI=1S/C12H12O4S/c13-11-8-17(15,16)7-6-10(11)12(14)9-4-2-1-3-5-9/h1-5,10H,6-8H2. The Kier molecular flexibility index (Phi) is 3.11. The van der Waals surface area contributed by atoms with Crippen molar-refractivity contribution in [3.8, 4) is 0 Å². The number of hydrogen-bond donors (Lipinski definition) is 0. The van der Waals surface area contributed by atoms with E-state index >= 15 is 0 Å². The van der Waals surface area contributed by atoms with Crippen molar-refractivity contribution in [1.29, 1.82) is 0 Å². The van der Waals surface area contributed by atoms with E-state index < -0.39 is 27.3 Å². The second-order valence-electron chi connectivity index (χ2n) is 4.13. The molecular formula is C12H12O4S. The Morgan fingerprint density at radius 2 is 1.82 bits per heavy atom. The van der Waals surface area contributed by atoms with Crippen LogP contribution in [-0.2, 0) is 14.6 Å². The van der Waals surface area contributed by atoms with E-state index in [0.29, 0.717) is 5.56 Å². The van der Waals surface area contributed by atoms with Gasteiger partial charge in [0.05, 0.1) is 11.7 Å². The number of carbonyl (C=O) groups excluding carboxylic acids is 2. The van der Waals surface area contributed by atoms with Crippen molar-refractivity contribution < 1.29 is 18.0 Å². The number of rotatable bonds is 2. The minimum absolute atomic E-state index is 0.0814. The van der Waals surface area contributed by atoms with Crippen LogP contribution in [0.25, 0.3) is 0 Å². The van der Waals surface area contributed by atoms with E-state index in [1.54, 1.807) is 30.3 Å². The Balaban J connectivity index is 2.20. The second-order valence-corrected chi connectivity index (χ2v) is 6.31. The first-order chi connectivity index (χ1) is 7.99. The summed E-state index contributed by atoms with van der Waals surface area (Å²) in [6.07, 6.45) is 0.106. The Hall–Kier alpha value is -1.49. The van der Waals surface area contributed by atoms with E-state index in [2.05, 4.69) is 0 Å². The molecule has 1 aliphatic rings. The Bertz CT molecular complexity index is 545. The zero-order chi connectivity index (χ0) is 12.5. The summed E-state index contributed by atoms with van der Waals surface area (Å²) in [6.45, 7) is 0. The monoisotopic (exact) mass is 252 g/mol. The van der Waals surface area contributed by atoms with Crippen molar-refractivity contribution in [2.24, 2.45) is 5.92 Å². The summed E-state index contributed by atoms with van der Waals surface area (Å²) < 4.78 is 22.5. The molecule has 1 aromatic carbocycles. The summed E-state index contributed by atoms with van der Waals surface area (Å²) in [5.74, 6) is -2.13. The van der Waals surface area contributed by atoms with Gasteiger partial charge in [-0.25, -0.2) is 8.42 Å². The predicted molar refractivity (Wildman–Crippen MR) is 62.5 cm³/mol. The molecule has 0 aliphatic carbocycles. The molecule has 5 heteroatoms. The van der Waals surface area contributed by atoms with Crippen LogP contribution in [-0.4, -0.2) is 31.5 Å². The van der Waals surface area contributed by atoms with Gasteiger partial charge >= 0.3 is 0 Å². The van der Waals surface area contributed by atoms with Gasteiger partial charge in [-0.1, -0.05) is 30.3 Å². The summed E-state index contributed by atoms with van der Waals surface area (Å²) in [5, 5.41) is 0. The maximum Gasteiger partial charge on any atom is 0.173 e. The van der Waals surface area contributed by atoms with E-state index in [-0.39, 0.29) is 18.0 Å². The van der Waals surface area contributed by atoms with Crippen LogP contribution in [0.5, 0.6) is 0 Å². The molecule has 4 nitrogen and oxygen atoms in total. The van der Waals surface area contributed by atoms with Gasteiger partial charge in [0.15, 0.2) is 21.4 Å². The molecule has 2 rings (SSSR count). The maximum absolute atomic E-state index is 12.0. The van der Waals surface area contributed by atoms with Crippen molar-refractivity contribution in [2.45, 2.75) is 6.42 Å². The summed E-state index contributed by atoms with van der Waals surface area (Å²) in [6, 6.07) is 8.50. The lowest BCUT2D eigenvalue weighted by molar-refractivity contribution is -0.119. The Morgan fingerprint density at radius 1 is 1.18 bits per heavy atom. The third-order valence-corrected chi connectivity index (χ3v) is 4.43. The highest BCUT2D eigenvalue weighted by Crippen LogP contribution is 2.20. The second kappa shape index (κ2) is 4.41. The van der Waals surface area contributed by atoms with E-state index in [1.165, 1.54) is 0 Å². The maximum atomic E-state index is 12.0. The molecule has 0 aromatic heterocycles. The molecule has 1 aromatic rings. The molecule has 1 aliphatic heterocycles. The van der Waals surface area contributed by atoms with Crippen LogP contribution >= 0.6 is 0 Å². The van der Waals surface area contributed by atoms with Crippen molar-refractivity contribution in [1.82, 2.24) is 0 Å². The summed E-state index contributed by atoms with van der Waals surface area (Å²) >= 11 is 0. The number of benzene rings is 1. The third kappa shape index (κ3) is 2.61. The average Bonchev–Trinajstić information content (AvgIpc) is 2.28. The van der Waals surface area contributed by atoms with E-state index in [4.69, 9.17) is 0 Å². The van der Waals surface area contributed by atoms with Crippen molar-refractivity contribution in [2.75, 3.05) is 11.5 Å². The average molecular weight is 252 g/mol.